The van der Waals surface area contributed by atoms with Gasteiger partial charge in [-0.25, -0.2) is 0 Å². The fraction of sp³-hybridized carbons (Fsp3) is 0.643. The monoisotopic (exact) mass is 290 g/mol. The maximum atomic E-state index is 11.9. The molecule has 4 N–H and O–H groups in total. The summed E-state index contributed by atoms with van der Waals surface area (Å²) in [5, 5.41) is 6.20. The number of hydrogen-bond donors (Lipinski definition) is 3. The van der Waals surface area contributed by atoms with Gasteiger partial charge in [-0.3, -0.25) is 4.79 Å². The van der Waals surface area contributed by atoms with Crippen LogP contribution < -0.4 is 21.3 Å². The third kappa shape index (κ3) is 2.72. The van der Waals surface area contributed by atoms with Crippen LogP contribution in [0.15, 0.2) is 6.07 Å². The summed E-state index contributed by atoms with van der Waals surface area (Å²) < 4.78 is 0. The van der Waals surface area contributed by atoms with E-state index in [4.69, 9.17) is 5.73 Å². The molecule has 2 unspecified atom stereocenters. The third-order valence-electron chi connectivity index (χ3n) is 4.18. The zero-order valence-electron chi connectivity index (χ0n) is 12.3. The number of carbonyl (C=O) groups excluding carboxylic acids is 1. The molecule has 1 amide bonds. The number of rotatable bonds is 4. The number of amides is 1. The van der Waals surface area contributed by atoms with Crippen molar-refractivity contribution in [1.29, 1.82) is 0 Å². The highest BCUT2D eigenvalue weighted by atomic mass is 16.2. The van der Waals surface area contributed by atoms with Gasteiger partial charge in [-0.2, -0.15) is 9.97 Å². The van der Waals surface area contributed by atoms with E-state index in [1.165, 1.54) is 0 Å². The van der Waals surface area contributed by atoms with E-state index < -0.39 is 0 Å². The molecule has 0 aliphatic carbocycles. The Hall–Kier alpha value is -2.05. The number of anilines is 3. The third-order valence-corrected chi connectivity index (χ3v) is 4.18. The number of nitrogens with one attached hydrogen (secondary N) is 2. The zero-order valence-corrected chi connectivity index (χ0v) is 12.3. The van der Waals surface area contributed by atoms with Crippen molar-refractivity contribution in [3.8, 4) is 0 Å². The molecule has 114 valence electrons. The van der Waals surface area contributed by atoms with Crippen LogP contribution >= 0.6 is 0 Å². The molecule has 1 aromatic heterocycles. The van der Waals surface area contributed by atoms with E-state index in [0.717, 1.165) is 44.0 Å². The van der Waals surface area contributed by atoms with Crippen LogP contribution in [0.2, 0.25) is 0 Å². The largest absolute Gasteiger partial charge is 0.370 e. The van der Waals surface area contributed by atoms with Crippen molar-refractivity contribution in [1.82, 2.24) is 15.3 Å². The highest BCUT2D eigenvalue weighted by Crippen LogP contribution is 2.31. The van der Waals surface area contributed by atoms with E-state index >= 15 is 0 Å². The van der Waals surface area contributed by atoms with E-state index in [0.29, 0.717) is 6.54 Å². The highest BCUT2D eigenvalue weighted by Gasteiger charge is 2.41. The molecule has 2 saturated heterocycles. The second-order valence-electron chi connectivity index (χ2n) is 5.65. The predicted octanol–water partition coefficient (Wildman–Crippen LogP) is 0.595. The number of fused-ring (bicyclic) bond motifs is 1. The first-order chi connectivity index (χ1) is 10.2. The molecule has 7 heteroatoms. The van der Waals surface area contributed by atoms with Crippen molar-refractivity contribution in [3.63, 3.8) is 0 Å². The number of aromatic nitrogens is 2. The second-order valence-corrected chi connectivity index (χ2v) is 5.65. The van der Waals surface area contributed by atoms with Crippen LogP contribution in [0.25, 0.3) is 0 Å². The van der Waals surface area contributed by atoms with E-state index in [-0.39, 0.29) is 23.8 Å². The molecule has 7 nitrogen and oxygen atoms in total. The Bertz CT molecular complexity index is 534. The van der Waals surface area contributed by atoms with Crippen LogP contribution in [0, 0.1) is 5.92 Å². The number of nitrogens with two attached hydrogens (primary N) is 1. The van der Waals surface area contributed by atoms with Gasteiger partial charge in [-0.05, 0) is 19.3 Å². The average Bonchev–Trinajstić information content (AvgIpc) is 2.86. The summed E-state index contributed by atoms with van der Waals surface area (Å²) in [6.07, 6.45) is 2.97. The Kier molecular flexibility index (Phi) is 3.81. The van der Waals surface area contributed by atoms with E-state index in [1.54, 1.807) is 0 Å². The number of hydrogen-bond acceptors (Lipinski definition) is 6. The van der Waals surface area contributed by atoms with Gasteiger partial charge in [0.1, 0.15) is 11.6 Å². The number of carbonyl (C=O) groups is 1. The SMILES string of the molecule is CCCNc1cc(N2CCCC3C(=O)NCC32)nc(N)n1. The average molecular weight is 290 g/mol. The molecular weight excluding hydrogens is 268 g/mol. The highest BCUT2D eigenvalue weighted by molar-refractivity contribution is 5.83. The van der Waals surface area contributed by atoms with Crippen molar-refractivity contribution < 1.29 is 4.79 Å². The molecule has 3 rings (SSSR count). The quantitative estimate of drug-likeness (QED) is 0.751. The van der Waals surface area contributed by atoms with Gasteiger partial charge >= 0.3 is 0 Å². The lowest BCUT2D eigenvalue weighted by atomic mass is 9.91. The summed E-state index contributed by atoms with van der Waals surface area (Å²) in [4.78, 5) is 22.6. The normalized spacial score (nSPS) is 24.6. The van der Waals surface area contributed by atoms with E-state index in [1.807, 2.05) is 6.07 Å². The van der Waals surface area contributed by atoms with E-state index in [2.05, 4.69) is 32.4 Å². The molecule has 0 bridgehead atoms. The van der Waals surface area contributed by atoms with Gasteiger partial charge in [0.05, 0.1) is 12.0 Å². The molecule has 0 spiro atoms. The maximum Gasteiger partial charge on any atom is 0.225 e. The fourth-order valence-electron chi connectivity index (χ4n) is 3.18. The standard InChI is InChI=1S/C14H22N6O/c1-2-5-16-11-7-12(19-14(15)18-11)20-6-3-4-9-10(20)8-17-13(9)21/h7,9-10H,2-6,8H2,1H3,(H,17,21)(H3,15,16,18,19). The molecule has 2 aliphatic heterocycles. The van der Waals surface area contributed by atoms with Gasteiger partial charge in [-0.15, -0.1) is 0 Å². The Balaban J connectivity index is 1.85. The molecule has 1 aromatic rings. The Morgan fingerprint density at radius 1 is 1.52 bits per heavy atom. The van der Waals surface area contributed by atoms with Crippen LogP contribution in [0.1, 0.15) is 26.2 Å². The summed E-state index contributed by atoms with van der Waals surface area (Å²) in [6.45, 7) is 4.54. The minimum Gasteiger partial charge on any atom is -0.370 e. The van der Waals surface area contributed by atoms with Crippen LogP contribution in [0.5, 0.6) is 0 Å². The number of piperidine rings is 1. The molecule has 0 saturated carbocycles. The Morgan fingerprint density at radius 2 is 2.38 bits per heavy atom. The molecule has 21 heavy (non-hydrogen) atoms. The molecular formula is C14H22N6O. The minimum atomic E-state index is 0.0713. The predicted molar refractivity (Wildman–Crippen MR) is 82.1 cm³/mol. The Morgan fingerprint density at radius 3 is 3.19 bits per heavy atom. The lowest BCUT2D eigenvalue weighted by Crippen LogP contribution is -2.46. The van der Waals surface area contributed by atoms with Crippen LogP contribution in [0.3, 0.4) is 0 Å². The first kappa shape index (κ1) is 13.9. The summed E-state index contributed by atoms with van der Waals surface area (Å²) in [7, 11) is 0. The van der Waals surface area contributed by atoms with Gasteiger partial charge in [0, 0.05) is 25.7 Å². The lowest BCUT2D eigenvalue weighted by Gasteiger charge is -2.36. The molecule has 2 aliphatic rings. The van der Waals surface area contributed by atoms with E-state index in [9.17, 15) is 4.79 Å². The summed E-state index contributed by atoms with van der Waals surface area (Å²) in [5.74, 6) is 2.06. The Labute approximate surface area is 124 Å². The number of nitrogen functional groups attached to an aromatic ring is 1. The lowest BCUT2D eigenvalue weighted by molar-refractivity contribution is -0.122. The summed E-state index contributed by atoms with van der Waals surface area (Å²) in [5.41, 5.74) is 5.83. The smallest absolute Gasteiger partial charge is 0.225 e. The number of nitrogens with zero attached hydrogens (tertiary/aromatic N) is 3. The van der Waals surface area contributed by atoms with Gasteiger partial charge in [0.15, 0.2) is 0 Å². The topological polar surface area (TPSA) is 96.2 Å². The summed E-state index contributed by atoms with van der Waals surface area (Å²) in [6, 6.07) is 2.11. The van der Waals surface area contributed by atoms with Gasteiger partial charge in [0.25, 0.3) is 0 Å². The van der Waals surface area contributed by atoms with Gasteiger partial charge < -0.3 is 21.3 Å². The first-order valence-corrected chi connectivity index (χ1v) is 7.62. The van der Waals surface area contributed by atoms with Crippen molar-refractivity contribution >= 4 is 23.5 Å². The molecule has 3 heterocycles. The van der Waals surface area contributed by atoms with Crippen LogP contribution in [-0.4, -0.2) is 41.6 Å². The maximum absolute atomic E-state index is 11.9. The zero-order chi connectivity index (χ0) is 14.8. The molecule has 0 radical (unpaired) electrons. The van der Waals surface area contributed by atoms with Gasteiger partial charge in [-0.1, -0.05) is 6.92 Å². The molecule has 0 aromatic carbocycles. The molecule has 2 atom stereocenters. The van der Waals surface area contributed by atoms with Crippen molar-refractivity contribution in [3.05, 3.63) is 6.07 Å². The van der Waals surface area contributed by atoms with Crippen molar-refractivity contribution in [2.75, 3.05) is 35.6 Å². The van der Waals surface area contributed by atoms with Crippen LogP contribution in [0.4, 0.5) is 17.6 Å². The minimum absolute atomic E-state index is 0.0713. The van der Waals surface area contributed by atoms with Crippen molar-refractivity contribution in [2.45, 2.75) is 32.2 Å². The molecule has 2 fully saturated rings. The fourth-order valence-corrected chi connectivity index (χ4v) is 3.18. The van der Waals surface area contributed by atoms with Crippen LogP contribution in [-0.2, 0) is 4.79 Å². The van der Waals surface area contributed by atoms with Gasteiger partial charge in [0.2, 0.25) is 11.9 Å². The second kappa shape index (κ2) is 5.75. The van der Waals surface area contributed by atoms with Crippen molar-refractivity contribution in [2.24, 2.45) is 5.92 Å². The first-order valence-electron chi connectivity index (χ1n) is 7.62. The summed E-state index contributed by atoms with van der Waals surface area (Å²) >= 11 is 0.